The molecule has 2 aliphatic carbocycles. The van der Waals surface area contributed by atoms with E-state index in [-0.39, 0.29) is 22.3 Å². The van der Waals surface area contributed by atoms with Gasteiger partial charge in [0.2, 0.25) is 15.9 Å². The Morgan fingerprint density at radius 3 is 2.66 bits per heavy atom. The first kappa shape index (κ1) is 20.0. The van der Waals surface area contributed by atoms with Gasteiger partial charge >= 0.3 is 0 Å². The molecular formula is C20H26N4O4S. The summed E-state index contributed by atoms with van der Waals surface area (Å²) in [6, 6.07) is 5.60. The Hall–Kier alpha value is -2.26. The minimum Gasteiger partial charge on any atom is -0.340 e. The van der Waals surface area contributed by atoms with Crippen LogP contribution in [0.15, 0.2) is 33.7 Å². The molecule has 29 heavy (non-hydrogen) atoms. The van der Waals surface area contributed by atoms with Gasteiger partial charge in [0.25, 0.3) is 5.91 Å². The van der Waals surface area contributed by atoms with E-state index in [1.807, 2.05) is 13.8 Å². The van der Waals surface area contributed by atoms with Crippen molar-refractivity contribution in [1.82, 2.24) is 20.2 Å². The Balaban J connectivity index is 1.48. The van der Waals surface area contributed by atoms with Gasteiger partial charge in [-0.05, 0) is 55.7 Å². The molecule has 0 spiro atoms. The van der Waals surface area contributed by atoms with Gasteiger partial charge in [0.1, 0.15) is 6.04 Å². The van der Waals surface area contributed by atoms with Crippen LogP contribution in [0.2, 0.25) is 0 Å². The summed E-state index contributed by atoms with van der Waals surface area (Å²) in [5.74, 6) is 1.51. The quantitative estimate of drug-likeness (QED) is 0.647. The number of carbonyl (C=O) groups excluding carboxylic acids is 1. The summed E-state index contributed by atoms with van der Waals surface area (Å²) in [6.07, 6.45) is 4.24. The molecule has 8 nitrogen and oxygen atoms in total. The largest absolute Gasteiger partial charge is 0.340 e. The number of aromatic nitrogens is 2. The Bertz CT molecular complexity index is 993. The number of rotatable bonds is 9. The van der Waals surface area contributed by atoms with E-state index < -0.39 is 16.1 Å². The molecule has 2 aromatic rings. The fourth-order valence-corrected chi connectivity index (χ4v) is 4.22. The van der Waals surface area contributed by atoms with Gasteiger partial charge in [0, 0.05) is 18.0 Å². The average Bonchev–Trinajstić information content (AvgIpc) is 3.63. The summed E-state index contributed by atoms with van der Waals surface area (Å²) in [5, 5.41) is 6.93. The van der Waals surface area contributed by atoms with E-state index in [1.54, 1.807) is 12.1 Å². The number of benzene rings is 1. The van der Waals surface area contributed by atoms with E-state index in [1.165, 1.54) is 12.1 Å². The number of nitrogens with one attached hydrogen (secondary N) is 2. The smallest absolute Gasteiger partial charge is 0.251 e. The summed E-state index contributed by atoms with van der Waals surface area (Å²) in [7, 11) is -3.64. The van der Waals surface area contributed by atoms with E-state index >= 15 is 0 Å². The molecule has 2 aliphatic rings. The summed E-state index contributed by atoms with van der Waals surface area (Å²) in [4.78, 5) is 17.4. The normalized spacial score (nSPS) is 18.0. The maximum absolute atomic E-state index is 12.8. The van der Waals surface area contributed by atoms with Crippen LogP contribution in [-0.4, -0.2) is 31.0 Å². The van der Waals surface area contributed by atoms with Crippen molar-refractivity contribution in [3.8, 4) is 0 Å². The van der Waals surface area contributed by atoms with Gasteiger partial charge in [-0.15, -0.1) is 0 Å². The van der Waals surface area contributed by atoms with Crippen molar-refractivity contribution >= 4 is 15.9 Å². The molecule has 0 aliphatic heterocycles. The van der Waals surface area contributed by atoms with E-state index in [4.69, 9.17) is 4.52 Å². The number of hydrogen-bond donors (Lipinski definition) is 2. The topological polar surface area (TPSA) is 114 Å². The second-order valence-electron chi connectivity index (χ2n) is 8.28. The molecule has 1 unspecified atom stereocenters. The van der Waals surface area contributed by atoms with Crippen molar-refractivity contribution in [3.63, 3.8) is 0 Å². The van der Waals surface area contributed by atoms with Crippen LogP contribution in [-0.2, 0) is 10.0 Å². The van der Waals surface area contributed by atoms with Crippen LogP contribution in [0.4, 0.5) is 0 Å². The monoisotopic (exact) mass is 418 g/mol. The van der Waals surface area contributed by atoms with Crippen molar-refractivity contribution in [1.29, 1.82) is 0 Å². The van der Waals surface area contributed by atoms with Crippen LogP contribution >= 0.6 is 0 Å². The number of hydrogen-bond acceptors (Lipinski definition) is 6. The predicted octanol–water partition coefficient (Wildman–Crippen LogP) is 2.76. The predicted molar refractivity (Wildman–Crippen MR) is 106 cm³/mol. The Labute approximate surface area is 170 Å². The molecule has 2 saturated carbocycles. The summed E-state index contributed by atoms with van der Waals surface area (Å²) in [5.41, 5.74) is 0.270. The molecule has 1 atom stereocenters. The Kier molecular flexibility index (Phi) is 5.44. The third-order valence-electron chi connectivity index (χ3n) is 5.28. The first-order valence-corrected chi connectivity index (χ1v) is 11.6. The zero-order chi connectivity index (χ0) is 20.6. The van der Waals surface area contributed by atoms with Crippen LogP contribution < -0.4 is 10.0 Å². The fraction of sp³-hybridized carbons (Fsp3) is 0.550. The molecule has 2 N–H and O–H groups in total. The lowest BCUT2D eigenvalue weighted by molar-refractivity contribution is 0.0913. The molecule has 0 radical (unpaired) electrons. The van der Waals surface area contributed by atoms with E-state index in [0.29, 0.717) is 30.1 Å². The van der Waals surface area contributed by atoms with Crippen molar-refractivity contribution in [2.24, 2.45) is 11.8 Å². The minimum absolute atomic E-state index is 0.0265. The van der Waals surface area contributed by atoms with Gasteiger partial charge < -0.3 is 9.84 Å². The number of sulfonamides is 1. The van der Waals surface area contributed by atoms with Gasteiger partial charge in [-0.1, -0.05) is 25.1 Å². The van der Waals surface area contributed by atoms with Gasteiger partial charge in [-0.3, -0.25) is 4.79 Å². The molecule has 1 aromatic carbocycles. The Morgan fingerprint density at radius 1 is 1.24 bits per heavy atom. The first-order valence-electron chi connectivity index (χ1n) is 10.1. The molecule has 156 valence electrons. The molecule has 1 amide bonds. The summed E-state index contributed by atoms with van der Waals surface area (Å²) in [6.45, 7) is 4.35. The molecule has 1 heterocycles. The zero-order valence-electron chi connectivity index (χ0n) is 16.6. The Morgan fingerprint density at radius 2 is 2.00 bits per heavy atom. The second kappa shape index (κ2) is 7.87. The highest BCUT2D eigenvalue weighted by Gasteiger charge is 2.32. The SMILES string of the molecule is CC(C)C(NC(=O)c1cccc(S(=O)(=O)NCC2CC2)c1)c1nc(C2CC2)no1. The highest BCUT2D eigenvalue weighted by molar-refractivity contribution is 7.89. The number of nitrogens with zero attached hydrogens (tertiary/aromatic N) is 2. The van der Waals surface area contributed by atoms with Crippen molar-refractivity contribution in [3.05, 3.63) is 41.5 Å². The van der Waals surface area contributed by atoms with E-state index in [2.05, 4.69) is 20.2 Å². The van der Waals surface area contributed by atoms with Crippen molar-refractivity contribution in [2.45, 2.75) is 56.4 Å². The van der Waals surface area contributed by atoms with E-state index in [9.17, 15) is 13.2 Å². The maximum atomic E-state index is 12.8. The lowest BCUT2D eigenvalue weighted by atomic mass is 10.0. The number of amides is 1. The molecule has 4 rings (SSSR count). The van der Waals surface area contributed by atoms with Gasteiger partial charge in [-0.2, -0.15) is 4.98 Å². The first-order chi connectivity index (χ1) is 13.8. The van der Waals surface area contributed by atoms with Gasteiger partial charge in [0.15, 0.2) is 5.82 Å². The second-order valence-corrected chi connectivity index (χ2v) is 10.1. The zero-order valence-corrected chi connectivity index (χ0v) is 17.4. The molecule has 1 aromatic heterocycles. The lowest BCUT2D eigenvalue weighted by Crippen LogP contribution is -2.32. The minimum atomic E-state index is -3.64. The van der Waals surface area contributed by atoms with Crippen LogP contribution in [0.5, 0.6) is 0 Å². The summed E-state index contributed by atoms with van der Waals surface area (Å²) >= 11 is 0. The highest BCUT2D eigenvalue weighted by atomic mass is 32.2. The van der Waals surface area contributed by atoms with Crippen LogP contribution in [0, 0.1) is 11.8 Å². The molecule has 2 fully saturated rings. The van der Waals surface area contributed by atoms with Gasteiger partial charge in [-0.25, -0.2) is 13.1 Å². The third kappa shape index (κ3) is 4.84. The molecule has 0 saturated heterocycles. The van der Waals surface area contributed by atoms with Crippen LogP contribution in [0.1, 0.15) is 73.6 Å². The summed E-state index contributed by atoms with van der Waals surface area (Å²) < 4.78 is 33.0. The van der Waals surface area contributed by atoms with Gasteiger partial charge in [0.05, 0.1) is 4.90 Å². The van der Waals surface area contributed by atoms with Crippen molar-refractivity contribution in [2.75, 3.05) is 6.54 Å². The van der Waals surface area contributed by atoms with Crippen LogP contribution in [0.3, 0.4) is 0 Å². The maximum Gasteiger partial charge on any atom is 0.251 e. The average molecular weight is 419 g/mol. The highest BCUT2D eigenvalue weighted by Crippen LogP contribution is 2.38. The molecule has 9 heteroatoms. The lowest BCUT2D eigenvalue weighted by Gasteiger charge is -2.18. The molecule has 0 bridgehead atoms. The molecular weight excluding hydrogens is 392 g/mol. The third-order valence-corrected chi connectivity index (χ3v) is 6.71. The van der Waals surface area contributed by atoms with Crippen molar-refractivity contribution < 1.29 is 17.7 Å². The van der Waals surface area contributed by atoms with Crippen LogP contribution in [0.25, 0.3) is 0 Å². The van der Waals surface area contributed by atoms with E-state index in [0.717, 1.165) is 25.7 Å². The standard InChI is InChI=1S/C20H26N4O4S/c1-12(2)17(20-23-18(24-28-20)14-8-9-14)22-19(25)15-4-3-5-16(10-15)29(26,27)21-11-13-6-7-13/h3-5,10,12-14,17,21H,6-9,11H2,1-2H3,(H,22,25). The number of carbonyl (C=O) groups is 1. The fourth-order valence-electron chi connectivity index (χ4n) is 3.06.